The predicted octanol–water partition coefficient (Wildman–Crippen LogP) is 0.840. The van der Waals surface area contributed by atoms with E-state index in [4.69, 9.17) is 4.74 Å². The summed E-state index contributed by atoms with van der Waals surface area (Å²) in [6.07, 6.45) is 1.12. The van der Waals surface area contributed by atoms with Crippen LogP contribution in [0.2, 0.25) is 0 Å². The number of amides is 1. The standard InChI is InChI=1S/C9H16N4O2/c1-9(2,3)15-8(14)10-5-7-12-11-6-13(7)4/h6H,5H2,1-4H3,(H,10,14). The van der Waals surface area contributed by atoms with E-state index in [-0.39, 0.29) is 0 Å². The summed E-state index contributed by atoms with van der Waals surface area (Å²) in [7, 11) is 1.81. The average Bonchev–Trinajstić information content (AvgIpc) is 2.44. The number of alkyl carbamates (subject to hydrolysis) is 1. The summed E-state index contributed by atoms with van der Waals surface area (Å²) < 4.78 is 6.80. The Balaban J connectivity index is 2.38. The minimum absolute atomic E-state index is 0.311. The Labute approximate surface area is 88.6 Å². The summed E-state index contributed by atoms with van der Waals surface area (Å²) >= 11 is 0. The third kappa shape index (κ3) is 3.97. The SMILES string of the molecule is Cn1cnnc1CNC(=O)OC(C)(C)C. The van der Waals surface area contributed by atoms with Gasteiger partial charge in [0.25, 0.3) is 0 Å². The minimum Gasteiger partial charge on any atom is -0.444 e. The fourth-order valence-corrected chi connectivity index (χ4v) is 0.933. The number of ether oxygens (including phenoxy) is 1. The van der Waals surface area contributed by atoms with Crippen molar-refractivity contribution >= 4 is 6.09 Å². The number of hydrogen-bond donors (Lipinski definition) is 1. The molecule has 0 spiro atoms. The second kappa shape index (κ2) is 4.29. The lowest BCUT2D eigenvalue weighted by Gasteiger charge is -2.19. The monoisotopic (exact) mass is 212 g/mol. The Kier molecular flexibility index (Phi) is 3.28. The largest absolute Gasteiger partial charge is 0.444 e. The first-order valence-corrected chi connectivity index (χ1v) is 4.68. The van der Waals surface area contributed by atoms with Gasteiger partial charge in [-0.3, -0.25) is 0 Å². The van der Waals surface area contributed by atoms with Gasteiger partial charge in [0.1, 0.15) is 11.9 Å². The number of aromatic nitrogens is 3. The fourth-order valence-electron chi connectivity index (χ4n) is 0.933. The summed E-state index contributed by atoms with van der Waals surface area (Å²) in [6, 6.07) is 0. The molecule has 0 aromatic carbocycles. The van der Waals surface area contributed by atoms with Crippen LogP contribution in [0.3, 0.4) is 0 Å². The maximum Gasteiger partial charge on any atom is 0.408 e. The van der Waals surface area contributed by atoms with Crippen molar-refractivity contribution in [1.29, 1.82) is 0 Å². The minimum atomic E-state index is -0.482. The van der Waals surface area contributed by atoms with Gasteiger partial charge >= 0.3 is 6.09 Å². The van der Waals surface area contributed by atoms with Crippen LogP contribution < -0.4 is 5.32 Å². The second-order valence-electron chi connectivity index (χ2n) is 4.21. The molecular weight excluding hydrogens is 196 g/mol. The number of carbonyl (C=O) groups is 1. The van der Waals surface area contributed by atoms with Crippen LogP contribution >= 0.6 is 0 Å². The number of aryl methyl sites for hydroxylation is 1. The number of nitrogens with one attached hydrogen (secondary N) is 1. The molecule has 0 aliphatic rings. The van der Waals surface area contributed by atoms with Crippen LogP contribution in [0.25, 0.3) is 0 Å². The van der Waals surface area contributed by atoms with E-state index in [1.54, 1.807) is 10.9 Å². The molecule has 0 bridgehead atoms. The Morgan fingerprint density at radius 1 is 1.60 bits per heavy atom. The molecule has 1 amide bonds. The van der Waals surface area contributed by atoms with Crippen LogP contribution in [-0.2, 0) is 18.3 Å². The molecule has 15 heavy (non-hydrogen) atoms. The molecule has 0 unspecified atom stereocenters. The molecule has 1 N–H and O–H groups in total. The molecule has 6 heteroatoms. The van der Waals surface area contributed by atoms with E-state index in [0.29, 0.717) is 12.4 Å². The van der Waals surface area contributed by atoms with Crippen molar-refractivity contribution in [3.63, 3.8) is 0 Å². The van der Waals surface area contributed by atoms with E-state index in [1.165, 1.54) is 0 Å². The highest BCUT2D eigenvalue weighted by atomic mass is 16.6. The highest BCUT2D eigenvalue weighted by molar-refractivity contribution is 5.67. The van der Waals surface area contributed by atoms with Crippen LogP contribution in [0.5, 0.6) is 0 Å². The van der Waals surface area contributed by atoms with E-state index in [1.807, 2.05) is 27.8 Å². The zero-order valence-electron chi connectivity index (χ0n) is 9.44. The van der Waals surface area contributed by atoms with E-state index in [9.17, 15) is 4.79 Å². The molecule has 84 valence electrons. The number of rotatable bonds is 2. The molecule has 6 nitrogen and oxygen atoms in total. The van der Waals surface area contributed by atoms with Gasteiger partial charge in [-0.1, -0.05) is 0 Å². The molecule has 0 saturated carbocycles. The Hall–Kier alpha value is -1.59. The average molecular weight is 212 g/mol. The van der Waals surface area contributed by atoms with E-state index < -0.39 is 11.7 Å². The second-order valence-corrected chi connectivity index (χ2v) is 4.21. The van der Waals surface area contributed by atoms with Gasteiger partial charge in [0, 0.05) is 7.05 Å². The third-order valence-electron chi connectivity index (χ3n) is 1.59. The lowest BCUT2D eigenvalue weighted by Crippen LogP contribution is -2.32. The van der Waals surface area contributed by atoms with Gasteiger partial charge in [0.2, 0.25) is 0 Å². The Bertz CT molecular complexity index is 340. The molecule has 1 aromatic rings. The molecule has 0 atom stereocenters. The molecule has 0 radical (unpaired) electrons. The molecule has 0 aliphatic heterocycles. The molecule has 1 heterocycles. The van der Waals surface area contributed by atoms with Crippen molar-refractivity contribution in [2.24, 2.45) is 7.05 Å². The first-order chi connectivity index (χ1) is 6.88. The molecule has 1 aromatic heterocycles. The van der Waals surface area contributed by atoms with Crippen molar-refractivity contribution in [1.82, 2.24) is 20.1 Å². The summed E-state index contributed by atoms with van der Waals surface area (Å²) in [5, 5.41) is 10.1. The molecule has 0 saturated heterocycles. The van der Waals surface area contributed by atoms with Gasteiger partial charge in [-0.05, 0) is 20.8 Å². The van der Waals surface area contributed by atoms with Gasteiger partial charge in [0.05, 0.1) is 6.54 Å². The number of nitrogens with zero attached hydrogens (tertiary/aromatic N) is 3. The normalized spacial score (nSPS) is 11.2. The van der Waals surface area contributed by atoms with Gasteiger partial charge in [0.15, 0.2) is 5.82 Å². The predicted molar refractivity (Wildman–Crippen MR) is 54.1 cm³/mol. The first kappa shape index (κ1) is 11.5. The maximum atomic E-state index is 11.3. The first-order valence-electron chi connectivity index (χ1n) is 4.68. The summed E-state index contributed by atoms with van der Waals surface area (Å²) in [5.74, 6) is 0.681. The zero-order valence-corrected chi connectivity index (χ0v) is 9.44. The molecule has 0 aliphatic carbocycles. The molecule has 0 fully saturated rings. The number of carbonyl (C=O) groups excluding carboxylic acids is 1. The highest BCUT2D eigenvalue weighted by Gasteiger charge is 2.16. The Morgan fingerprint density at radius 2 is 2.27 bits per heavy atom. The van der Waals surface area contributed by atoms with Crippen molar-refractivity contribution in [2.45, 2.75) is 32.9 Å². The third-order valence-corrected chi connectivity index (χ3v) is 1.59. The van der Waals surface area contributed by atoms with Crippen molar-refractivity contribution in [3.8, 4) is 0 Å². The van der Waals surface area contributed by atoms with E-state index in [0.717, 1.165) is 0 Å². The smallest absolute Gasteiger partial charge is 0.408 e. The van der Waals surface area contributed by atoms with Crippen molar-refractivity contribution in [3.05, 3.63) is 12.2 Å². The summed E-state index contributed by atoms with van der Waals surface area (Å²) in [4.78, 5) is 11.3. The lowest BCUT2D eigenvalue weighted by atomic mass is 10.2. The topological polar surface area (TPSA) is 69.0 Å². The highest BCUT2D eigenvalue weighted by Crippen LogP contribution is 2.06. The van der Waals surface area contributed by atoms with Gasteiger partial charge in [-0.15, -0.1) is 10.2 Å². The zero-order chi connectivity index (χ0) is 11.5. The van der Waals surface area contributed by atoms with Crippen LogP contribution in [-0.4, -0.2) is 26.5 Å². The van der Waals surface area contributed by atoms with Crippen LogP contribution in [0.15, 0.2) is 6.33 Å². The van der Waals surface area contributed by atoms with Crippen molar-refractivity contribution < 1.29 is 9.53 Å². The van der Waals surface area contributed by atoms with Crippen LogP contribution in [0.4, 0.5) is 4.79 Å². The van der Waals surface area contributed by atoms with Gasteiger partial charge in [-0.25, -0.2) is 4.79 Å². The Morgan fingerprint density at radius 3 is 2.73 bits per heavy atom. The van der Waals surface area contributed by atoms with Crippen molar-refractivity contribution in [2.75, 3.05) is 0 Å². The summed E-state index contributed by atoms with van der Waals surface area (Å²) in [5.41, 5.74) is -0.482. The summed E-state index contributed by atoms with van der Waals surface area (Å²) in [6.45, 7) is 5.75. The van der Waals surface area contributed by atoms with E-state index in [2.05, 4.69) is 15.5 Å². The molecular formula is C9H16N4O2. The fraction of sp³-hybridized carbons (Fsp3) is 0.667. The van der Waals surface area contributed by atoms with Gasteiger partial charge in [-0.2, -0.15) is 0 Å². The number of hydrogen-bond acceptors (Lipinski definition) is 4. The lowest BCUT2D eigenvalue weighted by molar-refractivity contribution is 0.0522. The van der Waals surface area contributed by atoms with E-state index >= 15 is 0 Å². The molecule has 1 rings (SSSR count). The van der Waals surface area contributed by atoms with Crippen LogP contribution in [0, 0.1) is 0 Å². The van der Waals surface area contributed by atoms with Crippen LogP contribution in [0.1, 0.15) is 26.6 Å². The maximum absolute atomic E-state index is 11.3. The van der Waals surface area contributed by atoms with Gasteiger partial charge < -0.3 is 14.6 Å². The quantitative estimate of drug-likeness (QED) is 0.788.